The lowest BCUT2D eigenvalue weighted by molar-refractivity contribution is 0.388. The molecule has 1 aromatic carbocycles. The molecule has 0 saturated heterocycles. The number of para-hydroxylation sites is 1. The molecular weight excluding hydrogens is 282 g/mol. The number of hydrogen-bond acceptors (Lipinski definition) is 2. The number of nitrogens with zero attached hydrogens (tertiary/aromatic N) is 2. The third kappa shape index (κ3) is 5.67. The number of fused-ring (bicyclic) bond motifs is 1. The molecule has 3 nitrogen and oxygen atoms in total. The minimum atomic E-state index is 0.979. The lowest BCUT2D eigenvalue weighted by atomic mass is 10.1. The zero-order valence-electron chi connectivity index (χ0n) is 15.1. The number of unbranched alkanes of at least 4 members (excludes halogenated alkanes) is 3. The second-order valence-corrected chi connectivity index (χ2v) is 6.76. The van der Waals surface area contributed by atoms with Crippen molar-refractivity contribution in [1.29, 1.82) is 0 Å². The van der Waals surface area contributed by atoms with E-state index in [1.54, 1.807) is 0 Å². The van der Waals surface area contributed by atoms with Gasteiger partial charge in [0.05, 0.1) is 0 Å². The summed E-state index contributed by atoms with van der Waals surface area (Å²) in [4.78, 5) is 2.25. The number of aromatic nitrogens is 1. The Morgan fingerprint density at radius 1 is 1.04 bits per heavy atom. The van der Waals surface area contributed by atoms with E-state index < -0.39 is 0 Å². The third-order valence-corrected chi connectivity index (χ3v) is 4.40. The third-order valence-electron chi connectivity index (χ3n) is 4.40. The van der Waals surface area contributed by atoms with Gasteiger partial charge in [-0.05, 0) is 51.7 Å². The van der Waals surface area contributed by atoms with Crippen LogP contribution in [-0.4, -0.2) is 36.7 Å². The minimum absolute atomic E-state index is 0.979. The normalized spacial score (nSPS) is 11.7. The Morgan fingerprint density at radius 3 is 2.65 bits per heavy atom. The van der Waals surface area contributed by atoms with Crippen molar-refractivity contribution in [2.24, 2.45) is 0 Å². The molecule has 0 atom stereocenters. The van der Waals surface area contributed by atoms with E-state index in [0.29, 0.717) is 0 Å². The van der Waals surface area contributed by atoms with Gasteiger partial charge in [-0.25, -0.2) is 0 Å². The number of nitrogens with one attached hydrogen (secondary N) is 1. The van der Waals surface area contributed by atoms with E-state index in [1.165, 1.54) is 48.6 Å². The summed E-state index contributed by atoms with van der Waals surface area (Å²) in [6.45, 7) is 6.60. The summed E-state index contributed by atoms with van der Waals surface area (Å²) in [5, 5.41) is 5.02. The molecule has 128 valence electrons. The first kappa shape index (κ1) is 18.0. The van der Waals surface area contributed by atoms with Gasteiger partial charge in [0.1, 0.15) is 0 Å². The van der Waals surface area contributed by atoms with Gasteiger partial charge < -0.3 is 14.8 Å². The Balaban J connectivity index is 1.94. The maximum atomic E-state index is 3.62. The zero-order chi connectivity index (χ0) is 16.5. The largest absolute Gasteiger partial charge is 0.347 e. The molecule has 0 aliphatic heterocycles. The Kier molecular flexibility index (Phi) is 7.63. The van der Waals surface area contributed by atoms with Crippen LogP contribution in [-0.2, 0) is 13.1 Å². The second kappa shape index (κ2) is 9.74. The predicted molar refractivity (Wildman–Crippen MR) is 101 cm³/mol. The molecule has 23 heavy (non-hydrogen) atoms. The van der Waals surface area contributed by atoms with Crippen LogP contribution in [0.25, 0.3) is 10.9 Å². The molecule has 1 N–H and O–H groups in total. The smallest absolute Gasteiger partial charge is 0.0483 e. The highest BCUT2D eigenvalue weighted by atomic mass is 15.1. The first-order valence-electron chi connectivity index (χ1n) is 9.14. The highest BCUT2D eigenvalue weighted by Gasteiger charge is 2.07. The van der Waals surface area contributed by atoms with Crippen molar-refractivity contribution in [2.45, 2.75) is 52.1 Å². The summed E-state index contributed by atoms with van der Waals surface area (Å²) < 4.78 is 2.42. The van der Waals surface area contributed by atoms with E-state index in [-0.39, 0.29) is 0 Å². The standard InChI is InChI=1S/C20H33N3/c1-4-5-6-9-13-21-16-18-17-23(15-10-14-22(2)3)20-12-8-7-11-19(18)20/h7-8,11-12,17,21H,4-6,9-10,13-16H2,1-3H3. The second-order valence-electron chi connectivity index (χ2n) is 6.76. The van der Waals surface area contributed by atoms with Crippen LogP contribution in [0.1, 0.15) is 44.6 Å². The molecule has 0 bridgehead atoms. The van der Waals surface area contributed by atoms with Crippen LogP contribution in [0.2, 0.25) is 0 Å². The topological polar surface area (TPSA) is 20.2 Å². The van der Waals surface area contributed by atoms with Crippen LogP contribution >= 0.6 is 0 Å². The fraction of sp³-hybridized carbons (Fsp3) is 0.600. The van der Waals surface area contributed by atoms with Crippen molar-refractivity contribution in [3.63, 3.8) is 0 Å². The van der Waals surface area contributed by atoms with Gasteiger partial charge in [0.25, 0.3) is 0 Å². The van der Waals surface area contributed by atoms with Crippen molar-refractivity contribution >= 4 is 10.9 Å². The molecule has 0 aliphatic rings. The Bertz CT molecular complexity index is 571. The highest BCUT2D eigenvalue weighted by Crippen LogP contribution is 2.21. The van der Waals surface area contributed by atoms with Gasteiger partial charge in [0.15, 0.2) is 0 Å². The number of benzene rings is 1. The van der Waals surface area contributed by atoms with Crippen LogP contribution in [0.4, 0.5) is 0 Å². The van der Waals surface area contributed by atoms with Crippen molar-refractivity contribution in [2.75, 3.05) is 27.2 Å². The van der Waals surface area contributed by atoms with Gasteiger partial charge in [-0.1, -0.05) is 44.4 Å². The maximum Gasteiger partial charge on any atom is 0.0483 e. The number of rotatable bonds is 11. The minimum Gasteiger partial charge on any atom is -0.347 e. The number of hydrogen-bond donors (Lipinski definition) is 1. The van der Waals surface area contributed by atoms with Gasteiger partial charge in [-0.15, -0.1) is 0 Å². The quantitative estimate of drug-likeness (QED) is 0.625. The summed E-state index contributed by atoms with van der Waals surface area (Å²) in [7, 11) is 4.28. The molecule has 0 unspecified atom stereocenters. The molecule has 0 radical (unpaired) electrons. The van der Waals surface area contributed by atoms with Crippen LogP contribution in [0.3, 0.4) is 0 Å². The SMILES string of the molecule is CCCCCCNCc1cn(CCCN(C)C)c2ccccc12. The molecular formula is C20H33N3. The van der Waals surface area contributed by atoms with Crippen molar-refractivity contribution in [1.82, 2.24) is 14.8 Å². The fourth-order valence-electron chi connectivity index (χ4n) is 3.11. The highest BCUT2D eigenvalue weighted by molar-refractivity contribution is 5.83. The molecule has 0 amide bonds. The molecule has 2 aromatic rings. The zero-order valence-corrected chi connectivity index (χ0v) is 15.1. The van der Waals surface area contributed by atoms with Gasteiger partial charge in [0, 0.05) is 30.2 Å². The van der Waals surface area contributed by atoms with E-state index >= 15 is 0 Å². The van der Waals surface area contributed by atoms with E-state index in [9.17, 15) is 0 Å². The molecule has 0 aliphatic carbocycles. The monoisotopic (exact) mass is 315 g/mol. The van der Waals surface area contributed by atoms with Gasteiger partial charge in [-0.2, -0.15) is 0 Å². The van der Waals surface area contributed by atoms with E-state index in [4.69, 9.17) is 0 Å². The first-order valence-corrected chi connectivity index (χ1v) is 9.14. The average Bonchev–Trinajstić information content (AvgIpc) is 2.89. The average molecular weight is 316 g/mol. The molecule has 0 fully saturated rings. The Hall–Kier alpha value is -1.32. The van der Waals surface area contributed by atoms with Crippen molar-refractivity contribution in [3.05, 3.63) is 36.0 Å². The van der Waals surface area contributed by atoms with Crippen LogP contribution in [0.15, 0.2) is 30.5 Å². The summed E-state index contributed by atoms with van der Waals surface area (Å²) in [6.07, 6.45) is 8.83. The van der Waals surface area contributed by atoms with Gasteiger partial charge in [0.2, 0.25) is 0 Å². The lowest BCUT2D eigenvalue weighted by Gasteiger charge is -2.10. The van der Waals surface area contributed by atoms with E-state index in [2.05, 4.69) is 66.3 Å². The first-order chi connectivity index (χ1) is 11.2. The summed E-state index contributed by atoms with van der Waals surface area (Å²) in [5.41, 5.74) is 2.80. The van der Waals surface area contributed by atoms with Crippen LogP contribution in [0.5, 0.6) is 0 Å². The fourth-order valence-corrected chi connectivity index (χ4v) is 3.11. The summed E-state index contributed by atoms with van der Waals surface area (Å²) in [6, 6.07) is 8.80. The molecule has 1 aromatic heterocycles. The van der Waals surface area contributed by atoms with Crippen LogP contribution in [0, 0.1) is 0 Å². The maximum absolute atomic E-state index is 3.62. The molecule has 3 heteroatoms. The Morgan fingerprint density at radius 2 is 1.87 bits per heavy atom. The molecule has 0 spiro atoms. The summed E-state index contributed by atoms with van der Waals surface area (Å²) >= 11 is 0. The molecule has 1 heterocycles. The van der Waals surface area contributed by atoms with Crippen molar-refractivity contribution in [3.8, 4) is 0 Å². The van der Waals surface area contributed by atoms with E-state index in [0.717, 1.165) is 26.2 Å². The van der Waals surface area contributed by atoms with Gasteiger partial charge in [-0.3, -0.25) is 0 Å². The van der Waals surface area contributed by atoms with E-state index in [1.807, 2.05) is 0 Å². The van der Waals surface area contributed by atoms with Gasteiger partial charge >= 0.3 is 0 Å². The predicted octanol–water partition coefficient (Wildman–Crippen LogP) is 4.26. The Labute approximate surface area is 141 Å². The van der Waals surface area contributed by atoms with Crippen LogP contribution < -0.4 is 5.32 Å². The van der Waals surface area contributed by atoms with Crippen molar-refractivity contribution < 1.29 is 0 Å². The molecule has 2 rings (SSSR count). The lowest BCUT2D eigenvalue weighted by Crippen LogP contribution is -2.15. The summed E-state index contributed by atoms with van der Waals surface area (Å²) in [5.74, 6) is 0. The number of aryl methyl sites for hydroxylation is 1. The molecule has 0 saturated carbocycles.